The van der Waals surface area contributed by atoms with E-state index in [0.717, 1.165) is 17.7 Å². The molecule has 2 aromatic carbocycles. The molecule has 4 nitrogen and oxygen atoms in total. The third kappa shape index (κ3) is 4.28. The summed E-state index contributed by atoms with van der Waals surface area (Å²) in [6.45, 7) is 6.84. The molecule has 2 aromatic rings. The summed E-state index contributed by atoms with van der Waals surface area (Å²) in [5.74, 6) is 1.07. The molecule has 3 rings (SSSR count). The van der Waals surface area contributed by atoms with Crippen LogP contribution in [-0.4, -0.2) is 27.4 Å². The molecule has 0 aromatic heterocycles. The van der Waals surface area contributed by atoms with Crippen molar-refractivity contribution in [2.24, 2.45) is 16.1 Å². The van der Waals surface area contributed by atoms with Crippen LogP contribution in [0.3, 0.4) is 0 Å². The summed E-state index contributed by atoms with van der Waals surface area (Å²) >= 11 is 1.46. The van der Waals surface area contributed by atoms with Crippen molar-refractivity contribution in [1.29, 1.82) is 0 Å². The highest BCUT2D eigenvalue weighted by atomic mass is 32.2. The Balaban J connectivity index is 1.85. The number of benzene rings is 2. The third-order valence-corrected chi connectivity index (χ3v) is 5.03. The van der Waals surface area contributed by atoms with Crippen LogP contribution in [0.2, 0.25) is 0 Å². The van der Waals surface area contributed by atoms with Crippen molar-refractivity contribution < 1.29 is 4.79 Å². The van der Waals surface area contributed by atoms with E-state index >= 15 is 0 Å². The molecular formula is C20H23N3OS. The quantitative estimate of drug-likeness (QED) is 0.578. The highest BCUT2D eigenvalue weighted by molar-refractivity contribution is 8.15. The molecular weight excluding hydrogens is 330 g/mol. The number of thioether (sulfide) groups is 1. The SMILES string of the molecule is C/C(CC(C)C)=N\N=C1/SCC(=O)N1Cc1cccc2ccccc12. The van der Waals surface area contributed by atoms with Gasteiger partial charge in [0.2, 0.25) is 5.91 Å². The van der Waals surface area contributed by atoms with Gasteiger partial charge in [-0.05, 0) is 35.6 Å². The maximum Gasteiger partial charge on any atom is 0.239 e. The fourth-order valence-corrected chi connectivity index (χ4v) is 3.82. The summed E-state index contributed by atoms with van der Waals surface area (Å²) in [7, 11) is 0. The molecule has 1 fully saturated rings. The van der Waals surface area contributed by atoms with Crippen LogP contribution in [0.5, 0.6) is 0 Å². The number of rotatable bonds is 5. The molecule has 0 bridgehead atoms. The lowest BCUT2D eigenvalue weighted by Gasteiger charge is -2.16. The predicted octanol–water partition coefficient (Wildman–Crippen LogP) is 4.69. The van der Waals surface area contributed by atoms with Gasteiger partial charge in [0.1, 0.15) is 0 Å². The van der Waals surface area contributed by atoms with Crippen LogP contribution >= 0.6 is 11.8 Å². The zero-order valence-electron chi connectivity index (χ0n) is 14.9. The molecule has 0 radical (unpaired) electrons. The predicted molar refractivity (Wildman–Crippen MR) is 107 cm³/mol. The smallest absolute Gasteiger partial charge is 0.239 e. The van der Waals surface area contributed by atoms with Gasteiger partial charge in [0, 0.05) is 5.71 Å². The van der Waals surface area contributed by atoms with Crippen molar-refractivity contribution in [3.8, 4) is 0 Å². The zero-order chi connectivity index (χ0) is 17.8. The van der Waals surface area contributed by atoms with Crippen molar-refractivity contribution in [3.05, 3.63) is 48.0 Å². The van der Waals surface area contributed by atoms with Gasteiger partial charge in [0.25, 0.3) is 0 Å². The molecule has 1 amide bonds. The summed E-state index contributed by atoms with van der Waals surface area (Å²) in [5, 5.41) is 11.7. The van der Waals surface area contributed by atoms with E-state index in [0.29, 0.717) is 23.4 Å². The third-order valence-electron chi connectivity index (χ3n) is 4.08. The van der Waals surface area contributed by atoms with Crippen LogP contribution in [0.25, 0.3) is 10.8 Å². The first kappa shape index (κ1) is 17.7. The van der Waals surface area contributed by atoms with Gasteiger partial charge in [-0.2, -0.15) is 5.10 Å². The molecule has 130 valence electrons. The highest BCUT2D eigenvalue weighted by Gasteiger charge is 2.28. The maximum absolute atomic E-state index is 12.3. The average Bonchev–Trinajstić information content (AvgIpc) is 2.93. The number of carbonyl (C=O) groups is 1. The molecule has 1 aliphatic heterocycles. The molecule has 0 atom stereocenters. The molecule has 0 N–H and O–H groups in total. The minimum Gasteiger partial charge on any atom is -0.285 e. The van der Waals surface area contributed by atoms with E-state index in [1.165, 1.54) is 22.5 Å². The Morgan fingerprint density at radius 2 is 1.96 bits per heavy atom. The van der Waals surface area contributed by atoms with Crippen molar-refractivity contribution in [2.75, 3.05) is 5.75 Å². The summed E-state index contributed by atoms with van der Waals surface area (Å²) in [6, 6.07) is 14.4. The second-order valence-corrected chi connectivity index (χ2v) is 7.67. The average molecular weight is 353 g/mol. The lowest BCUT2D eigenvalue weighted by Crippen LogP contribution is -2.29. The topological polar surface area (TPSA) is 45.0 Å². The zero-order valence-corrected chi connectivity index (χ0v) is 15.7. The standard InChI is InChI=1S/C20H23N3OS/c1-14(2)11-15(3)21-22-20-23(19(24)13-25-20)12-17-9-6-8-16-7-4-5-10-18(16)17/h4-10,14H,11-13H2,1-3H3/b21-15+,22-20-. The Kier molecular flexibility index (Phi) is 5.53. The van der Waals surface area contributed by atoms with Crippen LogP contribution in [-0.2, 0) is 11.3 Å². The minimum atomic E-state index is 0.0911. The number of hydrogen-bond acceptors (Lipinski definition) is 4. The molecule has 0 unspecified atom stereocenters. The van der Waals surface area contributed by atoms with Crippen molar-refractivity contribution in [1.82, 2.24) is 4.90 Å². The van der Waals surface area contributed by atoms with Gasteiger partial charge < -0.3 is 0 Å². The Morgan fingerprint density at radius 1 is 1.20 bits per heavy atom. The normalized spacial score (nSPS) is 17.3. The Labute approximate surface area is 153 Å². The molecule has 0 aliphatic carbocycles. The van der Waals surface area contributed by atoms with Crippen molar-refractivity contribution in [3.63, 3.8) is 0 Å². The monoisotopic (exact) mass is 353 g/mol. The van der Waals surface area contributed by atoms with E-state index in [9.17, 15) is 4.79 Å². The van der Waals surface area contributed by atoms with Gasteiger partial charge in [-0.25, -0.2) is 0 Å². The van der Waals surface area contributed by atoms with Crippen LogP contribution in [0, 0.1) is 5.92 Å². The maximum atomic E-state index is 12.3. The Bertz CT molecular complexity index is 836. The molecule has 25 heavy (non-hydrogen) atoms. The Hall–Kier alpha value is -2.14. The number of nitrogens with zero attached hydrogens (tertiary/aromatic N) is 3. The molecule has 1 aliphatic rings. The van der Waals surface area contributed by atoms with Crippen LogP contribution < -0.4 is 0 Å². The van der Waals surface area contributed by atoms with E-state index in [4.69, 9.17) is 0 Å². The fourth-order valence-electron chi connectivity index (χ4n) is 2.99. The number of amides is 1. The summed E-state index contributed by atoms with van der Waals surface area (Å²) < 4.78 is 0. The molecule has 5 heteroatoms. The Morgan fingerprint density at radius 3 is 2.76 bits per heavy atom. The second-order valence-electron chi connectivity index (χ2n) is 6.72. The van der Waals surface area contributed by atoms with Gasteiger partial charge in [0.15, 0.2) is 5.17 Å². The van der Waals surface area contributed by atoms with E-state index in [-0.39, 0.29) is 5.91 Å². The summed E-state index contributed by atoms with van der Waals surface area (Å²) in [6.07, 6.45) is 0.915. The van der Waals surface area contributed by atoms with E-state index in [1.807, 2.05) is 25.1 Å². The minimum absolute atomic E-state index is 0.0911. The first-order chi connectivity index (χ1) is 12.0. The number of amidine groups is 1. The van der Waals surface area contributed by atoms with E-state index in [2.05, 4.69) is 48.3 Å². The second kappa shape index (κ2) is 7.83. The highest BCUT2D eigenvalue weighted by Crippen LogP contribution is 2.25. The van der Waals surface area contributed by atoms with Crippen molar-refractivity contribution in [2.45, 2.75) is 33.7 Å². The van der Waals surface area contributed by atoms with Crippen LogP contribution in [0.15, 0.2) is 52.7 Å². The van der Waals surface area contributed by atoms with Gasteiger partial charge in [-0.1, -0.05) is 68.1 Å². The van der Waals surface area contributed by atoms with Gasteiger partial charge in [-0.15, -0.1) is 5.10 Å². The molecule has 0 spiro atoms. The van der Waals surface area contributed by atoms with Gasteiger partial charge >= 0.3 is 0 Å². The molecule has 1 saturated heterocycles. The van der Waals surface area contributed by atoms with E-state index < -0.39 is 0 Å². The first-order valence-corrected chi connectivity index (χ1v) is 9.54. The molecule has 0 saturated carbocycles. The number of fused-ring (bicyclic) bond motifs is 1. The lowest BCUT2D eigenvalue weighted by atomic mass is 10.0. The van der Waals surface area contributed by atoms with Crippen LogP contribution in [0.4, 0.5) is 0 Å². The molecule has 1 heterocycles. The number of hydrogen-bond donors (Lipinski definition) is 0. The summed E-state index contributed by atoms with van der Waals surface area (Å²) in [5.41, 5.74) is 2.12. The fraction of sp³-hybridized carbons (Fsp3) is 0.350. The number of carbonyl (C=O) groups excluding carboxylic acids is 1. The van der Waals surface area contributed by atoms with Crippen molar-refractivity contribution >= 4 is 39.3 Å². The van der Waals surface area contributed by atoms with Gasteiger partial charge in [-0.3, -0.25) is 9.69 Å². The first-order valence-electron chi connectivity index (χ1n) is 8.55. The van der Waals surface area contributed by atoms with E-state index in [1.54, 1.807) is 4.90 Å². The van der Waals surface area contributed by atoms with Crippen LogP contribution in [0.1, 0.15) is 32.8 Å². The van der Waals surface area contributed by atoms with Gasteiger partial charge in [0.05, 0.1) is 12.3 Å². The largest absolute Gasteiger partial charge is 0.285 e. The summed E-state index contributed by atoms with van der Waals surface area (Å²) in [4.78, 5) is 14.1. The lowest BCUT2D eigenvalue weighted by molar-refractivity contribution is -0.124.